The van der Waals surface area contributed by atoms with E-state index in [0.717, 1.165) is 48.3 Å². The molecule has 1 N–H and O–H groups in total. The highest BCUT2D eigenvalue weighted by Crippen LogP contribution is 2.22. The maximum Gasteiger partial charge on any atom is 0.220 e. The van der Waals surface area contributed by atoms with Crippen molar-refractivity contribution in [1.29, 1.82) is 0 Å². The van der Waals surface area contributed by atoms with Crippen LogP contribution in [0.1, 0.15) is 28.9 Å². The lowest BCUT2D eigenvalue weighted by molar-refractivity contribution is -0.121. The number of hydrogen-bond acceptors (Lipinski definition) is 6. The number of carbonyl (C=O) groups excluding carboxylic acids is 1. The van der Waals surface area contributed by atoms with Crippen molar-refractivity contribution in [3.63, 3.8) is 0 Å². The number of aryl methyl sites for hydroxylation is 2. The molecule has 2 aromatic rings. The van der Waals surface area contributed by atoms with Crippen molar-refractivity contribution in [3.05, 3.63) is 46.8 Å². The van der Waals surface area contributed by atoms with Crippen molar-refractivity contribution in [2.45, 2.75) is 38.4 Å². The third-order valence-corrected chi connectivity index (χ3v) is 6.04. The van der Waals surface area contributed by atoms with Crippen LogP contribution in [0.5, 0.6) is 0 Å². The van der Waals surface area contributed by atoms with Gasteiger partial charge in [0.25, 0.3) is 0 Å². The molecule has 6 nitrogen and oxygen atoms in total. The maximum atomic E-state index is 12.5. The predicted molar refractivity (Wildman–Crippen MR) is 120 cm³/mol. The fourth-order valence-electron chi connectivity index (χ4n) is 3.70. The largest absolute Gasteiger partial charge is 0.369 e. The fraction of sp³-hybridized carbons (Fsp3) is 0.500. The third kappa shape index (κ3) is 5.70. The number of nitrogens with zero attached hydrogens (tertiary/aromatic N) is 4. The molecule has 7 heteroatoms. The summed E-state index contributed by atoms with van der Waals surface area (Å²) in [6, 6.07) is 8.38. The molecule has 0 atom stereocenters. The van der Waals surface area contributed by atoms with Crippen LogP contribution >= 0.6 is 11.8 Å². The summed E-state index contributed by atoms with van der Waals surface area (Å²) in [4.78, 5) is 26.3. The molecule has 1 amide bonds. The molecule has 0 radical (unpaired) electrons. The summed E-state index contributed by atoms with van der Waals surface area (Å²) in [5, 5.41) is 3.88. The first-order valence-corrected chi connectivity index (χ1v) is 11.4. The van der Waals surface area contributed by atoms with E-state index >= 15 is 0 Å². The molecule has 1 aliphatic heterocycles. The summed E-state index contributed by atoms with van der Waals surface area (Å²) in [5.74, 6) is 0.0610. The van der Waals surface area contributed by atoms with Crippen molar-refractivity contribution in [2.24, 2.45) is 0 Å². The molecule has 2 heterocycles. The highest BCUT2D eigenvalue weighted by molar-refractivity contribution is 7.98. The molecule has 29 heavy (non-hydrogen) atoms. The molecule has 156 valence electrons. The number of benzene rings is 1. The highest BCUT2D eigenvalue weighted by atomic mass is 32.2. The van der Waals surface area contributed by atoms with Crippen molar-refractivity contribution in [3.8, 4) is 0 Å². The molecule has 0 spiro atoms. The number of anilines is 1. The summed E-state index contributed by atoms with van der Waals surface area (Å²) < 4.78 is 0. The van der Waals surface area contributed by atoms with E-state index in [2.05, 4.69) is 50.3 Å². The molecule has 1 fully saturated rings. The molecular weight excluding hydrogens is 382 g/mol. The minimum Gasteiger partial charge on any atom is -0.369 e. The van der Waals surface area contributed by atoms with Crippen LogP contribution < -0.4 is 10.2 Å². The Hall–Kier alpha value is -2.12. The van der Waals surface area contributed by atoms with E-state index in [4.69, 9.17) is 0 Å². The van der Waals surface area contributed by atoms with Gasteiger partial charge in [0.05, 0.1) is 0 Å². The first-order chi connectivity index (χ1) is 14.0. The molecule has 3 rings (SSSR count). The van der Waals surface area contributed by atoms with E-state index < -0.39 is 0 Å². The SMILES string of the molecule is CSc1nc(C)c(CCC(=O)NCc2ccccc2N2CCN(C)CC2)c(C)n1. The van der Waals surface area contributed by atoms with Gasteiger partial charge in [-0.3, -0.25) is 4.79 Å². The smallest absolute Gasteiger partial charge is 0.220 e. The second kappa shape index (κ2) is 10.1. The van der Waals surface area contributed by atoms with Gasteiger partial charge in [-0.1, -0.05) is 30.0 Å². The zero-order valence-corrected chi connectivity index (χ0v) is 18.7. The Morgan fingerprint density at radius 2 is 1.76 bits per heavy atom. The lowest BCUT2D eigenvalue weighted by Gasteiger charge is -2.35. The number of hydrogen-bond donors (Lipinski definition) is 1. The van der Waals surface area contributed by atoms with Gasteiger partial charge in [0, 0.05) is 56.2 Å². The summed E-state index contributed by atoms with van der Waals surface area (Å²) in [6.45, 7) is 8.72. The van der Waals surface area contributed by atoms with Crippen molar-refractivity contribution < 1.29 is 4.79 Å². The zero-order valence-electron chi connectivity index (χ0n) is 17.9. The summed E-state index contributed by atoms with van der Waals surface area (Å²) in [5.41, 5.74) is 5.42. The number of amides is 1. The Labute approximate surface area is 178 Å². The number of nitrogens with one attached hydrogen (secondary N) is 1. The summed E-state index contributed by atoms with van der Waals surface area (Å²) in [6.07, 6.45) is 3.08. The molecule has 0 aliphatic carbocycles. The van der Waals surface area contributed by atoms with Gasteiger partial charge in [0.2, 0.25) is 5.91 Å². The molecular formula is C22H31N5OS. The quantitative estimate of drug-likeness (QED) is 0.556. The Bertz CT molecular complexity index is 826. The normalized spacial score (nSPS) is 14.8. The van der Waals surface area contributed by atoms with Crippen LogP contribution in [0, 0.1) is 13.8 Å². The van der Waals surface area contributed by atoms with Gasteiger partial charge in [-0.25, -0.2) is 9.97 Å². The predicted octanol–water partition coefficient (Wildman–Crippen LogP) is 2.82. The van der Waals surface area contributed by atoms with E-state index in [0.29, 0.717) is 19.4 Å². The number of likely N-dealkylation sites (N-methyl/N-ethyl adjacent to an activating group) is 1. The second-order valence-corrected chi connectivity index (χ2v) is 8.33. The number of thioether (sulfide) groups is 1. The average Bonchev–Trinajstić information content (AvgIpc) is 2.72. The van der Waals surface area contributed by atoms with Crippen molar-refractivity contribution >= 4 is 23.4 Å². The maximum absolute atomic E-state index is 12.5. The Morgan fingerprint density at radius 1 is 1.10 bits per heavy atom. The first kappa shape index (κ1) is 21.6. The second-order valence-electron chi connectivity index (χ2n) is 7.56. The van der Waals surface area contributed by atoms with Crippen LogP contribution in [0.15, 0.2) is 29.4 Å². The van der Waals surface area contributed by atoms with Gasteiger partial charge in [-0.05, 0) is 50.8 Å². The van der Waals surface area contributed by atoms with Gasteiger partial charge in [-0.15, -0.1) is 0 Å². The van der Waals surface area contributed by atoms with Crippen LogP contribution in [0.25, 0.3) is 0 Å². The van der Waals surface area contributed by atoms with Gasteiger partial charge in [0.1, 0.15) is 0 Å². The van der Waals surface area contributed by atoms with Crippen molar-refractivity contribution in [1.82, 2.24) is 20.2 Å². The van der Waals surface area contributed by atoms with Crippen LogP contribution in [0.4, 0.5) is 5.69 Å². The van der Waals surface area contributed by atoms with E-state index in [-0.39, 0.29) is 5.91 Å². The van der Waals surface area contributed by atoms with Gasteiger partial charge < -0.3 is 15.1 Å². The van der Waals surface area contributed by atoms with Crippen LogP contribution in [-0.2, 0) is 17.8 Å². The van der Waals surface area contributed by atoms with Gasteiger partial charge in [-0.2, -0.15) is 0 Å². The van der Waals surface area contributed by atoms with Crippen LogP contribution in [0.2, 0.25) is 0 Å². The Kier molecular flexibility index (Phi) is 7.50. The van der Waals surface area contributed by atoms with Crippen LogP contribution in [0.3, 0.4) is 0 Å². The Morgan fingerprint density at radius 3 is 2.41 bits per heavy atom. The number of para-hydroxylation sites is 1. The minimum atomic E-state index is 0.0610. The van der Waals surface area contributed by atoms with Crippen LogP contribution in [-0.4, -0.2) is 60.3 Å². The molecule has 0 unspecified atom stereocenters. The Balaban J connectivity index is 1.57. The third-order valence-electron chi connectivity index (χ3n) is 5.50. The van der Waals surface area contributed by atoms with E-state index in [1.165, 1.54) is 11.3 Å². The number of rotatable bonds is 7. The first-order valence-electron chi connectivity index (χ1n) is 10.1. The summed E-state index contributed by atoms with van der Waals surface area (Å²) >= 11 is 1.54. The van der Waals surface area contributed by atoms with Gasteiger partial charge >= 0.3 is 0 Å². The summed E-state index contributed by atoms with van der Waals surface area (Å²) in [7, 11) is 2.16. The average molecular weight is 414 g/mol. The number of carbonyl (C=O) groups is 1. The number of piperazine rings is 1. The lowest BCUT2D eigenvalue weighted by Crippen LogP contribution is -2.45. The molecule has 1 aromatic heterocycles. The zero-order chi connectivity index (χ0) is 20.8. The molecule has 1 saturated heterocycles. The standard InChI is InChI=1S/C22H31N5OS/c1-16-19(17(2)25-22(24-16)29-4)9-10-21(28)23-15-18-7-5-6-8-20(18)27-13-11-26(3)12-14-27/h5-8H,9-15H2,1-4H3,(H,23,28). The molecule has 0 bridgehead atoms. The lowest BCUT2D eigenvalue weighted by atomic mass is 10.1. The number of aromatic nitrogens is 2. The fourth-order valence-corrected chi connectivity index (χ4v) is 4.16. The minimum absolute atomic E-state index is 0.0610. The highest BCUT2D eigenvalue weighted by Gasteiger charge is 2.17. The van der Waals surface area contributed by atoms with E-state index in [1.807, 2.05) is 26.2 Å². The van der Waals surface area contributed by atoms with E-state index in [9.17, 15) is 4.79 Å². The van der Waals surface area contributed by atoms with Gasteiger partial charge in [0.15, 0.2) is 5.16 Å². The molecule has 1 aliphatic rings. The van der Waals surface area contributed by atoms with Crippen molar-refractivity contribution in [2.75, 3.05) is 44.4 Å². The monoisotopic (exact) mass is 413 g/mol. The van der Waals surface area contributed by atoms with E-state index in [1.54, 1.807) is 11.8 Å². The molecule has 0 saturated carbocycles. The topological polar surface area (TPSA) is 61.4 Å². The molecule has 1 aromatic carbocycles.